The van der Waals surface area contributed by atoms with Crippen molar-refractivity contribution in [2.45, 2.75) is 25.3 Å². The number of aryl methyl sites for hydroxylation is 1. The molecule has 1 aliphatic heterocycles. The van der Waals surface area contributed by atoms with Crippen LogP contribution in [-0.4, -0.2) is 34.8 Å². The number of para-hydroxylation sites is 1. The summed E-state index contributed by atoms with van der Waals surface area (Å²) >= 11 is 0. The van der Waals surface area contributed by atoms with Crippen LogP contribution in [0.3, 0.4) is 0 Å². The van der Waals surface area contributed by atoms with Crippen molar-refractivity contribution in [2.75, 3.05) is 11.9 Å². The molecule has 0 radical (unpaired) electrons. The fourth-order valence-corrected chi connectivity index (χ4v) is 3.89. The van der Waals surface area contributed by atoms with E-state index in [9.17, 15) is 14.4 Å². The van der Waals surface area contributed by atoms with Gasteiger partial charge in [-0.05, 0) is 37.0 Å². The Labute approximate surface area is 187 Å². The van der Waals surface area contributed by atoms with E-state index in [1.807, 2.05) is 78.9 Å². The molecule has 1 atom stereocenters. The van der Waals surface area contributed by atoms with Crippen LogP contribution in [0.1, 0.15) is 18.9 Å². The first-order valence-corrected chi connectivity index (χ1v) is 10.6. The Hall–Kier alpha value is -3.93. The van der Waals surface area contributed by atoms with Crippen LogP contribution in [0.25, 0.3) is 11.1 Å². The molecule has 0 aromatic heterocycles. The first-order chi connectivity index (χ1) is 15.5. The van der Waals surface area contributed by atoms with Crippen LogP contribution in [-0.2, 0) is 16.0 Å². The van der Waals surface area contributed by atoms with Crippen molar-refractivity contribution >= 4 is 23.5 Å². The molecule has 0 spiro atoms. The number of carbonyl (C=O) groups excluding carboxylic acids is 3. The van der Waals surface area contributed by atoms with Crippen LogP contribution in [0.5, 0.6) is 0 Å². The molecule has 0 saturated carbocycles. The molecule has 3 aromatic carbocycles. The van der Waals surface area contributed by atoms with Crippen molar-refractivity contribution < 1.29 is 14.4 Å². The summed E-state index contributed by atoms with van der Waals surface area (Å²) in [4.78, 5) is 39.2. The highest BCUT2D eigenvalue weighted by Crippen LogP contribution is 2.28. The number of hydrogen-bond donors (Lipinski definition) is 2. The van der Waals surface area contributed by atoms with Crippen molar-refractivity contribution in [1.29, 1.82) is 0 Å². The van der Waals surface area contributed by atoms with E-state index in [0.717, 1.165) is 21.6 Å². The Balaban J connectivity index is 1.43. The number of nitrogens with zero attached hydrogens (tertiary/aromatic N) is 1. The van der Waals surface area contributed by atoms with Crippen LogP contribution in [0, 0.1) is 0 Å². The predicted octanol–water partition coefficient (Wildman–Crippen LogP) is 4.24. The van der Waals surface area contributed by atoms with Gasteiger partial charge in [0.2, 0.25) is 5.91 Å². The van der Waals surface area contributed by atoms with Gasteiger partial charge >= 0.3 is 6.03 Å². The SMILES string of the molecule is CC1(CCc2ccccc2)NC(=O)N(CC(=O)Nc2ccccc2-c2ccccc2)C1=O. The maximum absolute atomic E-state index is 13.0. The zero-order valence-electron chi connectivity index (χ0n) is 17.9. The number of rotatable bonds is 7. The van der Waals surface area contributed by atoms with Gasteiger partial charge in [0.05, 0.1) is 0 Å². The summed E-state index contributed by atoms with van der Waals surface area (Å²) in [6.07, 6.45) is 1.10. The summed E-state index contributed by atoms with van der Waals surface area (Å²) in [6.45, 7) is 1.37. The van der Waals surface area contributed by atoms with Crippen LogP contribution in [0.4, 0.5) is 10.5 Å². The maximum Gasteiger partial charge on any atom is 0.325 e. The van der Waals surface area contributed by atoms with Gasteiger partial charge in [-0.3, -0.25) is 14.5 Å². The van der Waals surface area contributed by atoms with Gasteiger partial charge in [-0.1, -0.05) is 78.9 Å². The van der Waals surface area contributed by atoms with Crippen molar-refractivity contribution in [3.8, 4) is 11.1 Å². The Morgan fingerprint density at radius 2 is 1.53 bits per heavy atom. The van der Waals surface area contributed by atoms with Crippen molar-refractivity contribution in [3.05, 3.63) is 90.5 Å². The van der Waals surface area contributed by atoms with Gasteiger partial charge in [-0.25, -0.2) is 4.79 Å². The molecule has 1 fully saturated rings. The van der Waals surface area contributed by atoms with Crippen LogP contribution in [0.2, 0.25) is 0 Å². The second kappa shape index (κ2) is 9.06. The van der Waals surface area contributed by atoms with E-state index in [4.69, 9.17) is 0 Å². The lowest BCUT2D eigenvalue weighted by Crippen LogP contribution is -2.45. The van der Waals surface area contributed by atoms with E-state index in [1.165, 1.54) is 0 Å². The lowest BCUT2D eigenvalue weighted by atomic mass is 9.93. The monoisotopic (exact) mass is 427 g/mol. The highest BCUT2D eigenvalue weighted by molar-refractivity contribution is 6.10. The number of hydrogen-bond acceptors (Lipinski definition) is 3. The Kier molecular flexibility index (Phi) is 6.03. The smallest absolute Gasteiger partial charge is 0.324 e. The van der Waals surface area contributed by atoms with E-state index in [-0.39, 0.29) is 12.5 Å². The number of nitrogens with one attached hydrogen (secondary N) is 2. The topological polar surface area (TPSA) is 78.5 Å². The Morgan fingerprint density at radius 1 is 0.906 bits per heavy atom. The minimum Gasteiger partial charge on any atom is -0.324 e. The second-order valence-electron chi connectivity index (χ2n) is 8.10. The van der Waals surface area contributed by atoms with Gasteiger partial charge in [0.1, 0.15) is 12.1 Å². The summed E-state index contributed by atoms with van der Waals surface area (Å²) in [5, 5.41) is 5.61. The number of benzene rings is 3. The molecule has 162 valence electrons. The van der Waals surface area contributed by atoms with E-state index in [2.05, 4.69) is 10.6 Å². The second-order valence-corrected chi connectivity index (χ2v) is 8.10. The molecule has 3 aromatic rings. The molecule has 4 amide bonds. The van der Waals surface area contributed by atoms with Gasteiger partial charge in [0.15, 0.2) is 0 Å². The third-order valence-electron chi connectivity index (χ3n) is 5.69. The van der Waals surface area contributed by atoms with E-state index < -0.39 is 17.5 Å². The summed E-state index contributed by atoms with van der Waals surface area (Å²) in [5.41, 5.74) is 2.51. The number of carbonyl (C=O) groups is 3. The molecule has 0 aliphatic carbocycles. The Bertz CT molecular complexity index is 1130. The normalized spacial score (nSPS) is 17.8. The highest BCUT2D eigenvalue weighted by Gasteiger charge is 2.47. The standard InChI is InChI=1S/C26H25N3O3/c1-26(17-16-19-10-4-2-5-11-19)24(31)29(25(32)28-26)18-23(30)27-22-15-9-8-14-21(22)20-12-6-3-7-13-20/h2-15H,16-18H2,1H3,(H,27,30)(H,28,32). The number of amides is 4. The van der Waals surface area contributed by atoms with Gasteiger partial charge in [0, 0.05) is 11.3 Å². The molecule has 6 nitrogen and oxygen atoms in total. The average Bonchev–Trinajstić information content (AvgIpc) is 3.02. The van der Waals surface area contributed by atoms with Gasteiger partial charge < -0.3 is 10.6 Å². The third kappa shape index (κ3) is 4.54. The zero-order chi connectivity index (χ0) is 22.6. The van der Waals surface area contributed by atoms with Crippen LogP contribution < -0.4 is 10.6 Å². The minimum atomic E-state index is -1.03. The average molecular weight is 428 g/mol. The first kappa shape index (κ1) is 21.3. The predicted molar refractivity (Wildman–Crippen MR) is 124 cm³/mol. The maximum atomic E-state index is 13.0. The largest absolute Gasteiger partial charge is 0.325 e. The van der Waals surface area contributed by atoms with Crippen molar-refractivity contribution in [3.63, 3.8) is 0 Å². The minimum absolute atomic E-state index is 0.339. The lowest BCUT2D eigenvalue weighted by molar-refractivity contribution is -0.133. The van der Waals surface area contributed by atoms with E-state index in [0.29, 0.717) is 18.5 Å². The van der Waals surface area contributed by atoms with Crippen molar-refractivity contribution in [1.82, 2.24) is 10.2 Å². The quantitative estimate of drug-likeness (QED) is 0.554. The Morgan fingerprint density at radius 3 is 2.25 bits per heavy atom. The molecule has 32 heavy (non-hydrogen) atoms. The lowest BCUT2D eigenvalue weighted by Gasteiger charge is -2.21. The third-order valence-corrected chi connectivity index (χ3v) is 5.69. The number of urea groups is 1. The summed E-state index contributed by atoms with van der Waals surface area (Å²) < 4.78 is 0. The van der Waals surface area contributed by atoms with E-state index >= 15 is 0 Å². The van der Waals surface area contributed by atoms with Crippen molar-refractivity contribution in [2.24, 2.45) is 0 Å². The first-order valence-electron chi connectivity index (χ1n) is 10.6. The zero-order valence-corrected chi connectivity index (χ0v) is 17.9. The molecule has 1 saturated heterocycles. The molecule has 1 heterocycles. The molecular formula is C26H25N3O3. The van der Waals surface area contributed by atoms with E-state index in [1.54, 1.807) is 13.0 Å². The van der Waals surface area contributed by atoms with Gasteiger partial charge in [-0.2, -0.15) is 0 Å². The summed E-state index contributed by atoms with van der Waals surface area (Å²) in [5.74, 6) is -0.811. The molecule has 1 unspecified atom stereocenters. The number of anilines is 1. The molecule has 4 rings (SSSR count). The van der Waals surface area contributed by atoms with Crippen LogP contribution in [0.15, 0.2) is 84.9 Å². The van der Waals surface area contributed by atoms with Gasteiger partial charge in [-0.15, -0.1) is 0 Å². The molecule has 1 aliphatic rings. The molecule has 6 heteroatoms. The van der Waals surface area contributed by atoms with Gasteiger partial charge in [0.25, 0.3) is 5.91 Å². The summed E-state index contributed by atoms with van der Waals surface area (Å²) in [6, 6.07) is 26.4. The summed E-state index contributed by atoms with van der Waals surface area (Å²) in [7, 11) is 0. The fraction of sp³-hybridized carbons (Fsp3) is 0.192. The number of imide groups is 1. The highest BCUT2D eigenvalue weighted by atomic mass is 16.2. The fourth-order valence-electron chi connectivity index (χ4n) is 3.89. The molecule has 0 bridgehead atoms. The van der Waals surface area contributed by atoms with Crippen LogP contribution >= 0.6 is 0 Å². The molecular weight excluding hydrogens is 402 g/mol. The molecule has 2 N–H and O–H groups in total.